The molecule has 1 heterocycles. The lowest BCUT2D eigenvalue weighted by Crippen LogP contribution is -2.49. The highest BCUT2D eigenvalue weighted by Gasteiger charge is 2.20. The Hall–Kier alpha value is -1.14. The van der Waals surface area contributed by atoms with Crippen LogP contribution in [-0.4, -0.2) is 74.6 Å². The van der Waals surface area contributed by atoms with Crippen molar-refractivity contribution in [1.82, 2.24) is 15.1 Å². The van der Waals surface area contributed by atoms with E-state index in [0.29, 0.717) is 12.8 Å². The van der Waals surface area contributed by atoms with Gasteiger partial charge in [-0.1, -0.05) is 0 Å². The molecule has 1 aliphatic rings. The molecule has 1 aliphatic heterocycles. The molecule has 1 N–H and O–H groups in total. The molecule has 0 aliphatic carbocycles. The first-order valence-corrected chi connectivity index (χ1v) is 6.80. The monoisotopic (exact) mass is 271 g/mol. The van der Waals surface area contributed by atoms with E-state index in [1.54, 1.807) is 19.1 Å². The van der Waals surface area contributed by atoms with E-state index in [1.807, 2.05) is 6.92 Å². The first-order chi connectivity index (χ1) is 9.04. The van der Waals surface area contributed by atoms with Crippen LogP contribution in [0.15, 0.2) is 0 Å². The van der Waals surface area contributed by atoms with Crippen LogP contribution in [0.4, 0.5) is 0 Å². The number of hydrogen-bond donors (Lipinski definition) is 1. The highest BCUT2D eigenvalue weighted by molar-refractivity contribution is 5.84. The minimum absolute atomic E-state index is 0.00705. The molecular formula is C13H25N3O3. The van der Waals surface area contributed by atoms with Gasteiger partial charge < -0.3 is 19.9 Å². The largest absolute Gasteiger partial charge is 0.382 e. The standard InChI is InChI=1S/C13H25N3O3/c1-11(19-3)4-5-12(17)15(2)10-13(18)16-8-6-14-7-9-16/h11,14H,4-10H2,1-3H3. The maximum Gasteiger partial charge on any atom is 0.242 e. The van der Waals surface area contributed by atoms with Crippen LogP contribution in [0.25, 0.3) is 0 Å². The van der Waals surface area contributed by atoms with Gasteiger partial charge in [0.2, 0.25) is 11.8 Å². The third kappa shape index (κ3) is 5.57. The van der Waals surface area contributed by atoms with Gasteiger partial charge in [-0.15, -0.1) is 0 Å². The van der Waals surface area contributed by atoms with Gasteiger partial charge in [-0.2, -0.15) is 0 Å². The second-order valence-electron chi connectivity index (χ2n) is 4.97. The Morgan fingerprint density at radius 3 is 2.58 bits per heavy atom. The molecule has 0 bridgehead atoms. The molecule has 1 unspecified atom stereocenters. The molecule has 1 rings (SSSR count). The number of carbonyl (C=O) groups is 2. The molecule has 0 spiro atoms. The van der Waals surface area contributed by atoms with Gasteiger partial charge in [0.25, 0.3) is 0 Å². The summed E-state index contributed by atoms with van der Waals surface area (Å²) in [7, 11) is 3.31. The van der Waals surface area contributed by atoms with Crippen molar-refractivity contribution in [3.8, 4) is 0 Å². The van der Waals surface area contributed by atoms with Crippen LogP contribution in [0, 0.1) is 0 Å². The minimum atomic E-state index is -0.00705. The molecular weight excluding hydrogens is 246 g/mol. The van der Waals surface area contributed by atoms with Crippen molar-refractivity contribution >= 4 is 11.8 Å². The summed E-state index contributed by atoms with van der Waals surface area (Å²) in [6, 6.07) is 0. The van der Waals surface area contributed by atoms with Gasteiger partial charge in [0.05, 0.1) is 12.6 Å². The highest BCUT2D eigenvalue weighted by Crippen LogP contribution is 2.03. The third-order valence-corrected chi connectivity index (χ3v) is 3.43. The lowest BCUT2D eigenvalue weighted by atomic mass is 10.2. The normalized spacial score (nSPS) is 17.1. The summed E-state index contributed by atoms with van der Waals surface area (Å²) < 4.78 is 5.10. The van der Waals surface area contributed by atoms with Gasteiger partial charge in [-0.3, -0.25) is 9.59 Å². The maximum atomic E-state index is 12.0. The van der Waals surface area contributed by atoms with Crippen LogP contribution in [0.2, 0.25) is 0 Å². The Labute approximate surface area is 115 Å². The van der Waals surface area contributed by atoms with E-state index in [9.17, 15) is 9.59 Å². The lowest BCUT2D eigenvalue weighted by molar-refractivity contribution is -0.140. The summed E-state index contributed by atoms with van der Waals surface area (Å²) in [5.41, 5.74) is 0. The molecule has 110 valence electrons. The average Bonchev–Trinajstić information content (AvgIpc) is 2.44. The summed E-state index contributed by atoms with van der Waals surface area (Å²) in [5.74, 6) is 0.0181. The number of rotatable bonds is 6. The second-order valence-corrected chi connectivity index (χ2v) is 4.97. The number of hydrogen-bond acceptors (Lipinski definition) is 4. The summed E-state index contributed by atoms with van der Waals surface area (Å²) in [4.78, 5) is 27.2. The number of nitrogens with zero attached hydrogens (tertiary/aromatic N) is 2. The number of nitrogens with one attached hydrogen (secondary N) is 1. The van der Waals surface area contributed by atoms with E-state index in [1.165, 1.54) is 4.90 Å². The van der Waals surface area contributed by atoms with Crippen LogP contribution in [0.5, 0.6) is 0 Å². The Bertz CT molecular complexity index is 304. The van der Waals surface area contributed by atoms with Crippen molar-refractivity contribution in [1.29, 1.82) is 0 Å². The van der Waals surface area contributed by atoms with Crippen LogP contribution in [-0.2, 0) is 14.3 Å². The molecule has 0 aromatic rings. The van der Waals surface area contributed by atoms with Crippen molar-refractivity contribution in [3.05, 3.63) is 0 Å². The van der Waals surface area contributed by atoms with E-state index in [2.05, 4.69) is 5.32 Å². The Morgan fingerprint density at radius 2 is 2.00 bits per heavy atom. The van der Waals surface area contributed by atoms with Gasteiger partial charge in [-0.05, 0) is 13.3 Å². The number of amides is 2. The van der Waals surface area contributed by atoms with E-state index in [4.69, 9.17) is 4.74 Å². The van der Waals surface area contributed by atoms with E-state index >= 15 is 0 Å². The van der Waals surface area contributed by atoms with E-state index < -0.39 is 0 Å². The Morgan fingerprint density at radius 1 is 1.37 bits per heavy atom. The molecule has 0 aromatic heterocycles. The summed E-state index contributed by atoms with van der Waals surface area (Å²) in [6.45, 7) is 5.20. The summed E-state index contributed by atoms with van der Waals surface area (Å²) in [6.07, 6.45) is 1.17. The summed E-state index contributed by atoms with van der Waals surface area (Å²) in [5, 5.41) is 3.20. The number of ether oxygens (including phenoxy) is 1. The van der Waals surface area contributed by atoms with Crippen molar-refractivity contribution in [3.63, 3.8) is 0 Å². The quantitative estimate of drug-likeness (QED) is 0.720. The van der Waals surface area contributed by atoms with Gasteiger partial charge in [0.15, 0.2) is 0 Å². The highest BCUT2D eigenvalue weighted by atomic mass is 16.5. The molecule has 1 atom stereocenters. The molecule has 1 fully saturated rings. The van der Waals surface area contributed by atoms with Crippen LogP contribution >= 0.6 is 0 Å². The van der Waals surface area contributed by atoms with E-state index in [0.717, 1.165) is 26.2 Å². The van der Waals surface area contributed by atoms with Crippen molar-refractivity contribution in [2.24, 2.45) is 0 Å². The van der Waals surface area contributed by atoms with Crippen LogP contribution in [0.1, 0.15) is 19.8 Å². The Balaban J connectivity index is 2.30. The molecule has 6 nitrogen and oxygen atoms in total. The molecule has 1 saturated heterocycles. The zero-order valence-corrected chi connectivity index (χ0v) is 12.1. The number of methoxy groups -OCH3 is 1. The SMILES string of the molecule is COC(C)CCC(=O)N(C)CC(=O)N1CCNCC1. The lowest BCUT2D eigenvalue weighted by Gasteiger charge is -2.29. The van der Waals surface area contributed by atoms with Crippen LogP contribution in [0.3, 0.4) is 0 Å². The first kappa shape index (κ1) is 15.9. The second kappa shape index (κ2) is 8.12. The fourth-order valence-corrected chi connectivity index (χ4v) is 1.94. The molecule has 2 amide bonds. The average molecular weight is 271 g/mol. The van der Waals surface area contributed by atoms with Crippen molar-refractivity contribution in [2.75, 3.05) is 46.9 Å². The zero-order chi connectivity index (χ0) is 14.3. The Kier molecular flexibility index (Phi) is 6.80. The smallest absolute Gasteiger partial charge is 0.242 e. The molecule has 0 aromatic carbocycles. The molecule has 0 saturated carbocycles. The third-order valence-electron chi connectivity index (χ3n) is 3.43. The fraction of sp³-hybridized carbons (Fsp3) is 0.846. The molecule has 0 radical (unpaired) electrons. The number of likely N-dealkylation sites (N-methyl/N-ethyl adjacent to an activating group) is 1. The number of piperazine rings is 1. The molecule has 6 heteroatoms. The fourth-order valence-electron chi connectivity index (χ4n) is 1.94. The van der Waals surface area contributed by atoms with Gasteiger partial charge in [-0.25, -0.2) is 0 Å². The summed E-state index contributed by atoms with van der Waals surface area (Å²) >= 11 is 0. The topological polar surface area (TPSA) is 61.9 Å². The van der Waals surface area contributed by atoms with Gasteiger partial charge in [0, 0.05) is 46.8 Å². The molecule has 19 heavy (non-hydrogen) atoms. The number of carbonyl (C=O) groups excluding carboxylic acids is 2. The van der Waals surface area contributed by atoms with Crippen LogP contribution < -0.4 is 5.32 Å². The van der Waals surface area contributed by atoms with Crippen molar-refractivity contribution < 1.29 is 14.3 Å². The van der Waals surface area contributed by atoms with Gasteiger partial charge >= 0.3 is 0 Å². The minimum Gasteiger partial charge on any atom is -0.382 e. The predicted octanol–water partition coefficient (Wildman–Crippen LogP) is -0.308. The zero-order valence-electron chi connectivity index (χ0n) is 12.1. The van der Waals surface area contributed by atoms with Gasteiger partial charge in [0.1, 0.15) is 0 Å². The maximum absolute atomic E-state index is 12.0. The predicted molar refractivity (Wildman–Crippen MR) is 72.8 cm³/mol. The first-order valence-electron chi connectivity index (χ1n) is 6.80. The van der Waals surface area contributed by atoms with Crippen molar-refractivity contribution in [2.45, 2.75) is 25.9 Å². The van der Waals surface area contributed by atoms with E-state index in [-0.39, 0.29) is 24.5 Å².